The third-order valence-electron chi connectivity index (χ3n) is 1.74. The monoisotopic (exact) mass is 195 g/mol. The van der Waals surface area contributed by atoms with Crippen molar-refractivity contribution in [3.8, 4) is 5.75 Å². The molecule has 0 heterocycles. The number of hydrogen-bond donors (Lipinski definition) is 0. The van der Waals surface area contributed by atoms with E-state index in [-0.39, 0.29) is 11.6 Å². The summed E-state index contributed by atoms with van der Waals surface area (Å²) in [6.07, 6.45) is 3.79. The molecule has 0 saturated heterocycles. The Kier molecular flexibility index (Phi) is 3.51. The first kappa shape index (κ1) is 10.6. The van der Waals surface area contributed by atoms with Crippen LogP contribution in [0.1, 0.15) is 5.56 Å². The van der Waals surface area contributed by atoms with Crippen molar-refractivity contribution in [3.05, 3.63) is 35.8 Å². The van der Waals surface area contributed by atoms with E-state index < -0.39 is 0 Å². The number of rotatable bonds is 3. The first-order valence-electron chi connectivity index (χ1n) is 4.31. The number of nitrogens with zero attached hydrogens (tertiary/aromatic N) is 1. The Balaban J connectivity index is 2.89. The lowest BCUT2D eigenvalue weighted by atomic mass is 10.2. The highest BCUT2D eigenvalue weighted by molar-refractivity contribution is 5.51. The van der Waals surface area contributed by atoms with Crippen LogP contribution in [0.15, 0.2) is 24.4 Å². The second-order valence-corrected chi connectivity index (χ2v) is 3.17. The van der Waals surface area contributed by atoms with E-state index in [0.717, 1.165) is 5.56 Å². The minimum Gasteiger partial charge on any atom is -0.494 e. The van der Waals surface area contributed by atoms with Gasteiger partial charge in [0.15, 0.2) is 11.6 Å². The third-order valence-corrected chi connectivity index (χ3v) is 1.74. The molecule has 0 aromatic heterocycles. The average Bonchev–Trinajstić information content (AvgIpc) is 2.16. The van der Waals surface area contributed by atoms with Crippen molar-refractivity contribution in [2.24, 2.45) is 0 Å². The standard InChI is InChI=1S/C11H14FNO/c1-13(2)7-6-9-4-5-10(12)11(8-9)14-3/h4-8H,1-3H3/b7-6+. The van der Waals surface area contributed by atoms with Crippen molar-refractivity contribution in [2.75, 3.05) is 21.2 Å². The van der Waals surface area contributed by atoms with Crippen LogP contribution in [0.3, 0.4) is 0 Å². The van der Waals surface area contributed by atoms with Crippen LogP contribution >= 0.6 is 0 Å². The molecule has 0 aliphatic heterocycles. The second-order valence-electron chi connectivity index (χ2n) is 3.17. The van der Waals surface area contributed by atoms with Gasteiger partial charge < -0.3 is 9.64 Å². The molecular formula is C11H14FNO. The Morgan fingerprint density at radius 3 is 2.64 bits per heavy atom. The topological polar surface area (TPSA) is 12.5 Å². The molecule has 0 fully saturated rings. The lowest BCUT2D eigenvalue weighted by Gasteiger charge is -2.05. The summed E-state index contributed by atoms with van der Waals surface area (Å²) < 4.78 is 17.9. The van der Waals surface area contributed by atoms with Gasteiger partial charge in [0.25, 0.3) is 0 Å². The van der Waals surface area contributed by atoms with E-state index in [4.69, 9.17) is 4.74 Å². The van der Waals surface area contributed by atoms with Crippen LogP contribution in [0.4, 0.5) is 4.39 Å². The fourth-order valence-corrected chi connectivity index (χ4v) is 1.02. The second kappa shape index (κ2) is 4.65. The van der Waals surface area contributed by atoms with Crippen molar-refractivity contribution in [3.63, 3.8) is 0 Å². The summed E-state index contributed by atoms with van der Waals surface area (Å²) >= 11 is 0. The quantitative estimate of drug-likeness (QED) is 0.734. The molecule has 0 spiro atoms. The SMILES string of the molecule is COc1cc(/C=C/N(C)C)ccc1F. The molecule has 0 bridgehead atoms. The normalized spacial score (nSPS) is 10.6. The van der Waals surface area contributed by atoms with Crippen LogP contribution in [0.2, 0.25) is 0 Å². The zero-order chi connectivity index (χ0) is 10.6. The minimum atomic E-state index is -0.338. The minimum absolute atomic E-state index is 0.269. The maximum absolute atomic E-state index is 13.0. The van der Waals surface area contributed by atoms with E-state index in [1.807, 2.05) is 31.3 Å². The van der Waals surface area contributed by atoms with Crippen LogP contribution in [0.5, 0.6) is 5.75 Å². The zero-order valence-corrected chi connectivity index (χ0v) is 8.62. The summed E-state index contributed by atoms with van der Waals surface area (Å²) in [4.78, 5) is 1.91. The molecule has 1 aromatic carbocycles. The van der Waals surface area contributed by atoms with Crippen molar-refractivity contribution >= 4 is 6.08 Å². The van der Waals surface area contributed by atoms with Gasteiger partial charge in [-0.2, -0.15) is 0 Å². The highest BCUT2D eigenvalue weighted by atomic mass is 19.1. The molecule has 14 heavy (non-hydrogen) atoms. The van der Waals surface area contributed by atoms with Gasteiger partial charge in [-0.1, -0.05) is 6.07 Å². The van der Waals surface area contributed by atoms with Gasteiger partial charge in [-0.05, 0) is 30.0 Å². The largest absolute Gasteiger partial charge is 0.494 e. The average molecular weight is 195 g/mol. The number of halogens is 1. The maximum Gasteiger partial charge on any atom is 0.165 e. The van der Waals surface area contributed by atoms with Gasteiger partial charge in [0.2, 0.25) is 0 Å². The molecule has 0 aliphatic carbocycles. The van der Waals surface area contributed by atoms with Gasteiger partial charge >= 0.3 is 0 Å². The molecule has 0 saturated carbocycles. The Morgan fingerprint density at radius 1 is 1.36 bits per heavy atom. The highest BCUT2D eigenvalue weighted by Crippen LogP contribution is 2.18. The van der Waals surface area contributed by atoms with Gasteiger partial charge in [0, 0.05) is 14.1 Å². The summed E-state index contributed by atoms with van der Waals surface area (Å²) in [5.74, 6) is -0.0691. The Bertz CT molecular complexity index is 334. The van der Waals surface area contributed by atoms with Crippen LogP contribution in [-0.2, 0) is 0 Å². The number of methoxy groups -OCH3 is 1. The molecule has 0 radical (unpaired) electrons. The van der Waals surface area contributed by atoms with Crippen molar-refractivity contribution in [1.82, 2.24) is 4.90 Å². The Morgan fingerprint density at radius 2 is 2.07 bits per heavy atom. The predicted octanol–water partition coefficient (Wildman–Crippen LogP) is 2.37. The van der Waals surface area contributed by atoms with Gasteiger partial charge in [0.1, 0.15) is 0 Å². The molecule has 0 unspecified atom stereocenters. The molecule has 0 N–H and O–H groups in total. The lowest BCUT2D eigenvalue weighted by Crippen LogP contribution is -1.99. The Hall–Kier alpha value is -1.51. The Labute approximate surface area is 83.6 Å². The molecule has 0 aliphatic rings. The van der Waals surface area contributed by atoms with E-state index in [9.17, 15) is 4.39 Å². The van der Waals surface area contributed by atoms with Crippen molar-refractivity contribution in [1.29, 1.82) is 0 Å². The van der Waals surface area contributed by atoms with Crippen molar-refractivity contribution < 1.29 is 9.13 Å². The lowest BCUT2D eigenvalue weighted by molar-refractivity contribution is 0.386. The molecule has 1 aromatic rings. The molecule has 2 nitrogen and oxygen atoms in total. The van der Waals surface area contributed by atoms with Crippen molar-refractivity contribution in [2.45, 2.75) is 0 Å². The maximum atomic E-state index is 13.0. The van der Waals surface area contributed by atoms with Crippen LogP contribution in [0, 0.1) is 5.82 Å². The molecular weight excluding hydrogens is 181 g/mol. The smallest absolute Gasteiger partial charge is 0.165 e. The summed E-state index contributed by atoms with van der Waals surface area (Å²) in [6, 6.07) is 4.77. The number of benzene rings is 1. The van der Waals surface area contributed by atoms with Gasteiger partial charge in [0.05, 0.1) is 7.11 Å². The molecule has 0 atom stereocenters. The van der Waals surface area contributed by atoms with E-state index >= 15 is 0 Å². The van der Waals surface area contributed by atoms with E-state index in [1.54, 1.807) is 12.1 Å². The summed E-state index contributed by atoms with van der Waals surface area (Å²) in [5.41, 5.74) is 0.914. The molecule has 0 amide bonds. The number of hydrogen-bond acceptors (Lipinski definition) is 2. The summed E-state index contributed by atoms with van der Waals surface area (Å²) in [5, 5.41) is 0. The fraction of sp³-hybridized carbons (Fsp3) is 0.273. The van der Waals surface area contributed by atoms with Crippen LogP contribution < -0.4 is 4.74 Å². The van der Waals surface area contributed by atoms with E-state index in [0.29, 0.717) is 0 Å². The van der Waals surface area contributed by atoms with Gasteiger partial charge in [-0.25, -0.2) is 4.39 Å². The molecule has 1 rings (SSSR count). The zero-order valence-electron chi connectivity index (χ0n) is 8.62. The van der Waals surface area contributed by atoms with E-state index in [1.165, 1.54) is 13.2 Å². The molecule has 76 valence electrons. The summed E-state index contributed by atoms with van der Waals surface area (Å²) in [7, 11) is 5.31. The van der Waals surface area contributed by atoms with Crippen LogP contribution in [0.25, 0.3) is 6.08 Å². The van der Waals surface area contributed by atoms with Crippen LogP contribution in [-0.4, -0.2) is 26.1 Å². The summed E-state index contributed by atoms with van der Waals surface area (Å²) in [6.45, 7) is 0. The van der Waals surface area contributed by atoms with Gasteiger partial charge in [-0.15, -0.1) is 0 Å². The number of ether oxygens (including phenoxy) is 1. The first-order chi connectivity index (χ1) is 6.63. The first-order valence-corrected chi connectivity index (χ1v) is 4.31. The highest BCUT2D eigenvalue weighted by Gasteiger charge is 2.00. The third kappa shape index (κ3) is 2.76. The van der Waals surface area contributed by atoms with Gasteiger partial charge in [-0.3, -0.25) is 0 Å². The van der Waals surface area contributed by atoms with E-state index in [2.05, 4.69) is 0 Å². The predicted molar refractivity (Wildman–Crippen MR) is 55.7 cm³/mol. The fourth-order valence-electron chi connectivity index (χ4n) is 1.02. The molecule has 3 heteroatoms.